The van der Waals surface area contributed by atoms with Crippen LogP contribution in [0.4, 0.5) is 5.69 Å². The third-order valence-corrected chi connectivity index (χ3v) is 3.71. The number of aromatic nitrogens is 2. The van der Waals surface area contributed by atoms with Crippen LogP contribution in [-0.4, -0.2) is 9.97 Å². The van der Waals surface area contributed by atoms with Gasteiger partial charge in [-0.1, -0.05) is 40.2 Å². The van der Waals surface area contributed by atoms with Crippen LogP contribution in [0, 0.1) is 6.92 Å². The average molecular weight is 316 g/mol. The smallest absolute Gasteiger partial charge is 0.112 e. The summed E-state index contributed by atoms with van der Waals surface area (Å²) < 4.78 is 0.962. The number of rotatable bonds is 2. The molecule has 96 valence electrons. The number of H-pyrrole nitrogens is 1. The summed E-state index contributed by atoms with van der Waals surface area (Å²) in [5.74, 6) is 0.939. The Balaban J connectivity index is 2.03. The molecule has 0 aliphatic heterocycles. The third kappa shape index (κ3) is 2.36. The minimum absolute atomic E-state index is 0.691. The minimum atomic E-state index is 0.691. The number of halogens is 1. The van der Waals surface area contributed by atoms with Crippen LogP contribution in [0.2, 0.25) is 0 Å². The minimum Gasteiger partial charge on any atom is -0.397 e. The fourth-order valence-corrected chi connectivity index (χ4v) is 2.71. The molecule has 2 aromatic carbocycles. The molecule has 0 saturated heterocycles. The highest BCUT2D eigenvalue weighted by atomic mass is 79.9. The molecular formula is C15H14BrN3. The van der Waals surface area contributed by atoms with Crippen molar-refractivity contribution in [2.75, 3.05) is 5.73 Å². The first-order chi connectivity index (χ1) is 9.13. The average Bonchev–Trinajstić information content (AvgIpc) is 2.75. The molecule has 0 atom stereocenters. The van der Waals surface area contributed by atoms with Crippen molar-refractivity contribution in [1.82, 2.24) is 9.97 Å². The molecule has 0 aliphatic rings. The van der Waals surface area contributed by atoms with Gasteiger partial charge in [0.1, 0.15) is 11.3 Å². The number of hydrogen-bond acceptors (Lipinski definition) is 2. The Morgan fingerprint density at radius 2 is 2.05 bits per heavy atom. The van der Waals surface area contributed by atoms with Gasteiger partial charge in [-0.25, -0.2) is 4.98 Å². The number of anilines is 1. The lowest BCUT2D eigenvalue weighted by atomic mass is 10.1. The summed E-state index contributed by atoms with van der Waals surface area (Å²) in [5.41, 5.74) is 11.0. The van der Waals surface area contributed by atoms with Crippen LogP contribution in [0.15, 0.2) is 40.9 Å². The summed E-state index contributed by atoms with van der Waals surface area (Å²) in [6, 6.07) is 12.2. The number of nitrogen functional groups attached to an aromatic ring is 1. The zero-order chi connectivity index (χ0) is 13.4. The van der Waals surface area contributed by atoms with Gasteiger partial charge in [0.2, 0.25) is 0 Å². The van der Waals surface area contributed by atoms with Crippen LogP contribution in [-0.2, 0) is 6.42 Å². The van der Waals surface area contributed by atoms with E-state index in [4.69, 9.17) is 5.73 Å². The monoisotopic (exact) mass is 315 g/mol. The SMILES string of the molecule is Cc1ccccc1Cc1nc2c(N)cc(Br)cc2[nH]1. The molecule has 0 saturated carbocycles. The Kier molecular flexibility index (Phi) is 3.03. The quantitative estimate of drug-likeness (QED) is 0.706. The molecule has 0 unspecified atom stereocenters. The van der Waals surface area contributed by atoms with Gasteiger partial charge in [-0.15, -0.1) is 0 Å². The molecule has 1 aromatic heterocycles. The lowest BCUT2D eigenvalue weighted by Gasteiger charge is -2.02. The van der Waals surface area contributed by atoms with E-state index in [2.05, 4.69) is 51.0 Å². The summed E-state index contributed by atoms with van der Waals surface area (Å²) in [5, 5.41) is 0. The molecule has 0 aliphatic carbocycles. The molecule has 4 heteroatoms. The van der Waals surface area contributed by atoms with Crippen LogP contribution in [0.3, 0.4) is 0 Å². The van der Waals surface area contributed by atoms with E-state index in [1.807, 2.05) is 18.2 Å². The fourth-order valence-electron chi connectivity index (χ4n) is 2.23. The summed E-state index contributed by atoms with van der Waals surface area (Å²) >= 11 is 3.44. The summed E-state index contributed by atoms with van der Waals surface area (Å²) in [6.45, 7) is 2.11. The van der Waals surface area contributed by atoms with E-state index in [0.717, 1.165) is 27.8 Å². The van der Waals surface area contributed by atoms with E-state index in [1.54, 1.807) is 0 Å². The Labute approximate surface area is 120 Å². The van der Waals surface area contributed by atoms with Crippen molar-refractivity contribution in [2.24, 2.45) is 0 Å². The number of benzene rings is 2. The maximum Gasteiger partial charge on any atom is 0.112 e. The summed E-state index contributed by atoms with van der Waals surface area (Å²) in [4.78, 5) is 7.92. The van der Waals surface area contributed by atoms with E-state index in [1.165, 1.54) is 11.1 Å². The van der Waals surface area contributed by atoms with Gasteiger partial charge in [0.15, 0.2) is 0 Å². The molecule has 0 fully saturated rings. The molecule has 0 spiro atoms. The van der Waals surface area contributed by atoms with Crippen molar-refractivity contribution in [1.29, 1.82) is 0 Å². The largest absolute Gasteiger partial charge is 0.397 e. The van der Waals surface area contributed by atoms with Crippen LogP contribution >= 0.6 is 15.9 Å². The first-order valence-corrected chi connectivity index (χ1v) is 6.91. The van der Waals surface area contributed by atoms with E-state index in [-0.39, 0.29) is 0 Å². The Hall–Kier alpha value is -1.81. The zero-order valence-corrected chi connectivity index (χ0v) is 12.2. The molecule has 0 bridgehead atoms. The second-order valence-corrected chi connectivity index (χ2v) is 5.59. The molecule has 19 heavy (non-hydrogen) atoms. The van der Waals surface area contributed by atoms with Crippen molar-refractivity contribution in [3.05, 3.63) is 57.8 Å². The highest BCUT2D eigenvalue weighted by Gasteiger charge is 2.08. The standard InChI is InChI=1S/C15H14BrN3/c1-9-4-2-3-5-10(9)6-14-18-13-8-11(16)7-12(17)15(13)19-14/h2-5,7-8H,6,17H2,1H3,(H,18,19). The van der Waals surface area contributed by atoms with Gasteiger partial charge in [0, 0.05) is 10.9 Å². The molecule has 1 heterocycles. The van der Waals surface area contributed by atoms with Crippen molar-refractivity contribution < 1.29 is 0 Å². The molecule has 0 amide bonds. The van der Waals surface area contributed by atoms with E-state index in [9.17, 15) is 0 Å². The molecule has 3 N–H and O–H groups in total. The predicted molar refractivity (Wildman–Crippen MR) is 82.2 cm³/mol. The van der Waals surface area contributed by atoms with Gasteiger partial charge < -0.3 is 10.7 Å². The number of imidazole rings is 1. The number of hydrogen-bond donors (Lipinski definition) is 2. The maximum atomic E-state index is 5.98. The van der Waals surface area contributed by atoms with Crippen LogP contribution in [0.1, 0.15) is 17.0 Å². The molecule has 3 nitrogen and oxygen atoms in total. The normalized spacial score (nSPS) is 11.1. The number of nitrogens with two attached hydrogens (primary N) is 1. The topological polar surface area (TPSA) is 54.7 Å². The maximum absolute atomic E-state index is 5.98. The third-order valence-electron chi connectivity index (χ3n) is 3.25. The number of fused-ring (bicyclic) bond motifs is 1. The Morgan fingerprint density at radius 3 is 2.84 bits per heavy atom. The van der Waals surface area contributed by atoms with Crippen LogP contribution in [0.5, 0.6) is 0 Å². The summed E-state index contributed by atoms with van der Waals surface area (Å²) in [7, 11) is 0. The lowest BCUT2D eigenvalue weighted by Crippen LogP contribution is -1.93. The molecular weight excluding hydrogens is 302 g/mol. The van der Waals surface area contributed by atoms with Crippen molar-refractivity contribution in [3.8, 4) is 0 Å². The summed E-state index contributed by atoms with van der Waals surface area (Å²) in [6.07, 6.45) is 0.790. The predicted octanol–water partition coefficient (Wildman–Crippen LogP) is 3.81. The van der Waals surface area contributed by atoms with Crippen LogP contribution in [0.25, 0.3) is 11.0 Å². The van der Waals surface area contributed by atoms with Crippen molar-refractivity contribution in [3.63, 3.8) is 0 Å². The second kappa shape index (κ2) is 4.70. The Morgan fingerprint density at radius 1 is 1.26 bits per heavy atom. The van der Waals surface area contributed by atoms with E-state index >= 15 is 0 Å². The van der Waals surface area contributed by atoms with Gasteiger partial charge in [-0.05, 0) is 30.2 Å². The van der Waals surface area contributed by atoms with Crippen LogP contribution < -0.4 is 5.73 Å². The highest BCUT2D eigenvalue weighted by Crippen LogP contribution is 2.25. The Bertz CT molecular complexity index is 746. The number of nitrogens with one attached hydrogen (secondary N) is 1. The molecule has 3 aromatic rings. The fraction of sp³-hybridized carbons (Fsp3) is 0.133. The molecule has 3 rings (SSSR count). The van der Waals surface area contributed by atoms with Gasteiger partial charge in [0.25, 0.3) is 0 Å². The highest BCUT2D eigenvalue weighted by molar-refractivity contribution is 9.10. The first kappa shape index (κ1) is 12.2. The number of nitrogens with zero attached hydrogens (tertiary/aromatic N) is 1. The van der Waals surface area contributed by atoms with Gasteiger partial charge in [0.05, 0.1) is 11.2 Å². The van der Waals surface area contributed by atoms with Gasteiger partial charge in [-0.3, -0.25) is 0 Å². The number of aryl methyl sites for hydroxylation is 1. The van der Waals surface area contributed by atoms with Crippen molar-refractivity contribution in [2.45, 2.75) is 13.3 Å². The van der Waals surface area contributed by atoms with E-state index in [0.29, 0.717) is 5.69 Å². The molecule has 0 radical (unpaired) electrons. The zero-order valence-electron chi connectivity index (χ0n) is 10.6. The van der Waals surface area contributed by atoms with Crippen molar-refractivity contribution >= 4 is 32.7 Å². The number of aromatic amines is 1. The van der Waals surface area contributed by atoms with Gasteiger partial charge >= 0.3 is 0 Å². The lowest BCUT2D eigenvalue weighted by molar-refractivity contribution is 1.03. The van der Waals surface area contributed by atoms with Gasteiger partial charge in [-0.2, -0.15) is 0 Å². The first-order valence-electron chi connectivity index (χ1n) is 6.11. The van der Waals surface area contributed by atoms with E-state index < -0.39 is 0 Å². The second-order valence-electron chi connectivity index (χ2n) is 4.68.